The molecule has 2 amide bonds. The van der Waals surface area contributed by atoms with Crippen molar-refractivity contribution in [3.05, 3.63) is 0 Å². The zero-order valence-corrected chi connectivity index (χ0v) is 12.9. The topological polar surface area (TPSA) is 84.7 Å². The Labute approximate surface area is 121 Å². The van der Waals surface area contributed by atoms with Crippen molar-refractivity contribution in [2.45, 2.75) is 64.1 Å². The molecule has 6 heteroatoms. The first-order valence-corrected chi connectivity index (χ1v) is 7.18. The van der Waals surface area contributed by atoms with Crippen molar-refractivity contribution in [2.75, 3.05) is 13.6 Å². The minimum atomic E-state index is -0.477. The number of alkyl carbamates (subject to hydrolysis) is 1. The van der Waals surface area contributed by atoms with Crippen molar-refractivity contribution in [1.29, 1.82) is 0 Å². The van der Waals surface area contributed by atoms with Crippen molar-refractivity contribution >= 4 is 12.0 Å². The molecule has 0 spiro atoms. The molecule has 116 valence electrons. The number of ether oxygens (including phenoxy) is 1. The number of amides is 2. The van der Waals surface area contributed by atoms with Gasteiger partial charge in [-0.25, -0.2) is 4.79 Å². The maximum absolute atomic E-state index is 11.7. The Balaban J connectivity index is 2.35. The zero-order chi connectivity index (χ0) is 15.3. The lowest BCUT2D eigenvalue weighted by Gasteiger charge is -2.35. The van der Waals surface area contributed by atoms with Crippen LogP contribution in [0.5, 0.6) is 0 Å². The van der Waals surface area contributed by atoms with E-state index < -0.39 is 5.60 Å². The van der Waals surface area contributed by atoms with E-state index in [4.69, 9.17) is 10.5 Å². The molecule has 0 radical (unpaired) electrons. The normalized spacial score (nSPS) is 23.1. The molecule has 20 heavy (non-hydrogen) atoms. The molecule has 1 fully saturated rings. The number of carbonyl (C=O) groups is 2. The van der Waals surface area contributed by atoms with Crippen LogP contribution in [0.2, 0.25) is 0 Å². The van der Waals surface area contributed by atoms with E-state index in [9.17, 15) is 9.59 Å². The summed E-state index contributed by atoms with van der Waals surface area (Å²) in [6.45, 7) is 5.58. The first-order valence-electron chi connectivity index (χ1n) is 7.18. The van der Waals surface area contributed by atoms with Gasteiger partial charge in [0, 0.05) is 19.1 Å². The summed E-state index contributed by atoms with van der Waals surface area (Å²) < 4.78 is 5.24. The first-order chi connectivity index (χ1) is 9.23. The van der Waals surface area contributed by atoms with Crippen LogP contribution in [0.15, 0.2) is 0 Å². The van der Waals surface area contributed by atoms with Crippen molar-refractivity contribution in [1.82, 2.24) is 10.2 Å². The number of nitrogens with zero attached hydrogens (tertiary/aromatic N) is 1. The fourth-order valence-corrected chi connectivity index (χ4v) is 2.43. The Morgan fingerprint density at radius 1 is 1.25 bits per heavy atom. The maximum atomic E-state index is 11.7. The summed E-state index contributed by atoms with van der Waals surface area (Å²) in [4.78, 5) is 24.9. The predicted molar refractivity (Wildman–Crippen MR) is 77.2 cm³/mol. The average molecular weight is 285 g/mol. The summed E-state index contributed by atoms with van der Waals surface area (Å²) in [6, 6.07) is 0.352. The van der Waals surface area contributed by atoms with E-state index in [1.807, 2.05) is 20.8 Å². The lowest BCUT2D eigenvalue weighted by Crippen LogP contribution is -2.46. The molecule has 0 aromatic carbocycles. The van der Waals surface area contributed by atoms with Gasteiger partial charge in [0.1, 0.15) is 5.60 Å². The monoisotopic (exact) mass is 285 g/mol. The van der Waals surface area contributed by atoms with Gasteiger partial charge in [0.15, 0.2) is 0 Å². The molecule has 0 bridgehead atoms. The van der Waals surface area contributed by atoms with Crippen LogP contribution in [0.25, 0.3) is 0 Å². The van der Waals surface area contributed by atoms with E-state index in [2.05, 4.69) is 5.32 Å². The lowest BCUT2D eigenvalue weighted by molar-refractivity contribution is -0.131. The SMILES string of the molecule is CN(C(=O)CN)C1CCC(NC(=O)OC(C)(C)C)CC1. The fraction of sp³-hybridized carbons (Fsp3) is 0.857. The Morgan fingerprint density at radius 3 is 2.25 bits per heavy atom. The molecule has 3 N–H and O–H groups in total. The molecular weight excluding hydrogens is 258 g/mol. The molecule has 0 heterocycles. The largest absolute Gasteiger partial charge is 0.444 e. The van der Waals surface area contributed by atoms with Crippen LogP contribution in [-0.2, 0) is 9.53 Å². The van der Waals surface area contributed by atoms with Crippen molar-refractivity contribution < 1.29 is 14.3 Å². The minimum absolute atomic E-state index is 0.0337. The summed E-state index contributed by atoms with van der Waals surface area (Å²) in [5.74, 6) is -0.0337. The molecule has 0 unspecified atom stereocenters. The fourth-order valence-electron chi connectivity index (χ4n) is 2.43. The van der Waals surface area contributed by atoms with E-state index >= 15 is 0 Å². The van der Waals surface area contributed by atoms with Gasteiger partial charge in [-0.2, -0.15) is 0 Å². The summed E-state index contributed by atoms with van der Waals surface area (Å²) in [5.41, 5.74) is 4.89. The second kappa shape index (κ2) is 6.92. The minimum Gasteiger partial charge on any atom is -0.444 e. The molecule has 0 aromatic heterocycles. The van der Waals surface area contributed by atoms with E-state index in [1.165, 1.54) is 0 Å². The molecule has 1 aliphatic carbocycles. The Bertz CT molecular complexity index is 344. The second-order valence-corrected chi connectivity index (χ2v) is 6.36. The van der Waals surface area contributed by atoms with Gasteiger partial charge in [-0.15, -0.1) is 0 Å². The van der Waals surface area contributed by atoms with Gasteiger partial charge < -0.3 is 20.7 Å². The van der Waals surface area contributed by atoms with E-state index in [-0.39, 0.29) is 30.6 Å². The second-order valence-electron chi connectivity index (χ2n) is 6.36. The predicted octanol–water partition coefficient (Wildman–Crippen LogP) is 1.24. The molecule has 1 rings (SSSR count). The third-order valence-corrected chi connectivity index (χ3v) is 3.53. The van der Waals surface area contributed by atoms with Crippen molar-refractivity contribution in [2.24, 2.45) is 5.73 Å². The number of hydrogen-bond donors (Lipinski definition) is 2. The number of nitrogens with one attached hydrogen (secondary N) is 1. The molecule has 0 atom stereocenters. The van der Waals surface area contributed by atoms with Crippen LogP contribution < -0.4 is 11.1 Å². The first kappa shape index (κ1) is 16.8. The van der Waals surface area contributed by atoms with Crippen molar-refractivity contribution in [3.8, 4) is 0 Å². The maximum Gasteiger partial charge on any atom is 0.407 e. The van der Waals surface area contributed by atoms with E-state index in [0.717, 1.165) is 25.7 Å². The van der Waals surface area contributed by atoms with E-state index in [0.29, 0.717) is 0 Å². The van der Waals surface area contributed by atoms with Gasteiger partial charge in [0.2, 0.25) is 5.91 Å². The van der Waals surface area contributed by atoms with Gasteiger partial charge in [0.25, 0.3) is 0 Å². The third-order valence-electron chi connectivity index (χ3n) is 3.53. The summed E-state index contributed by atoms with van der Waals surface area (Å²) in [5, 5.41) is 2.89. The lowest BCUT2D eigenvalue weighted by atomic mass is 9.90. The highest BCUT2D eigenvalue weighted by Gasteiger charge is 2.27. The quantitative estimate of drug-likeness (QED) is 0.817. The smallest absolute Gasteiger partial charge is 0.407 e. The van der Waals surface area contributed by atoms with Crippen molar-refractivity contribution in [3.63, 3.8) is 0 Å². The Morgan fingerprint density at radius 2 is 1.80 bits per heavy atom. The number of carbonyl (C=O) groups excluding carboxylic acids is 2. The molecule has 1 aliphatic rings. The van der Waals surface area contributed by atoms with Crippen LogP contribution in [-0.4, -0.2) is 48.2 Å². The zero-order valence-electron chi connectivity index (χ0n) is 12.9. The van der Waals surface area contributed by atoms with Crippen LogP contribution in [0.4, 0.5) is 4.79 Å². The van der Waals surface area contributed by atoms with Gasteiger partial charge in [-0.1, -0.05) is 0 Å². The highest BCUT2D eigenvalue weighted by Crippen LogP contribution is 2.22. The van der Waals surface area contributed by atoms with Crippen LogP contribution in [0.1, 0.15) is 46.5 Å². The number of likely N-dealkylation sites (N-methyl/N-ethyl adjacent to an activating group) is 1. The molecule has 0 aromatic rings. The highest BCUT2D eigenvalue weighted by atomic mass is 16.6. The van der Waals surface area contributed by atoms with E-state index in [1.54, 1.807) is 11.9 Å². The number of rotatable bonds is 3. The van der Waals surface area contributed by atoms with Crippen LogP contribution in [0, 0.1) is 0 Å². The van der Waals surface area contributed by atoms with Crippen LogP contribution in [0.3, 0.4) is 0 Å². The van der Waals surface area contributed by atoms with Gasteiger partial charge in [-0.05, 0) is 46.5 Å². The summed E-state index contributed by atoms with van der Waals surface area (Å²) in [7, 11) is 1.79. The molecule has 1 saturated carbocycles. The Kier molecular flexibility index (Phi) is 5.80. The third kappa shape index (κ3) is 5.36. The molecule has 6 nitrogen and oxygen atoms in total. The van der Waals surface area contributed by atoms with Gasteiger partial charge >= 0.3 is 6.09 Å². The Hall–Kier alpha value is -1.30. The molecular formula is C14H27N3O3. The van der Waals surface area contributed by atoms with Crippen LogP contribution >= 0.6 is 0 Å². The number of hydrogen-bond acceptors (Lipinski definition) is 4. The van der Waals surface area contributed by atoms with Gasteiger partial charge in [0.05, 0.1) is 6.54 Å². The summed E-state index contributed by atoms with van der Waals surface area (Å²) in [6.07, 6.45) is 3.09. The number of nitrogens with two attached hydrogens (primary N) is 1. The van der Waals surface area contributed by atoms with Gasteiger partial charge in [-0.3, -0.25) is 4.79 Å². The molecule has 0 aliphatic heterocycles. The highest BCUT2D eigenvalue weighted by molar-refractivity contribution is 5.78. The average Bonchev–Trinajstić information content (AvgIpc) is 2.35. The summed E-state index contributed by atoms with van der Waals surface area (Å²) >= 11 is 0. The molecule has 0 saturated heterocycles. The standard InChI is InChI=1S/C14H27N3O3/c1-14(2,3)20-13(19)16-10-5-7-11(8-6-10)17(4)12(18)9-15/h10-11H,5-9,15H2,1-4H3,(H,16,19).